The molecule has 2 heterocycles. The van der Waals surface area contributed by atoms with E-state index >= 15 is 0 Å². The number of hydrogen-bond donors (Lipinski definition) is 0. The van der Waals surface area contributed by atoms with Crippen LogP contribution in [0.1, 0.15) is 16.5 Å². The van der Waals surface area contributed by atoms with Crippen molar-refractivity contribution in [2.75, 3.05) is 4.90 Å². The Kier molecular flexibility index (Phi) is 4.38. The predicted octanol–water partition coefficient (Wildman–Crippen LogP) is 6.78. The summed E-state index contributed by atoms with van der Waals surface area (Å²) in [6.07, 6.45) is 2.13. The molecule has 1 atom stereocenters. The zero-order valence-corrected chi connectivity index (χ0v) is 16.9. The van der Waals surface area contributed by atoms with Crippen LogP contribution in [0.5, 0.6) is 0 Å². The van der Waals surface area contributed by atoms with Gasteiger partial charge in [-0.3, -0.25) is 0 Å². The molecule has 1 aromatic heterocycles. The van der Waals surface area contributed by atoms with E-state index in [1.165, 1.54) is 16.0 Å². The molecule has 1 aliphatic rings. The van der Waals surface area contributed by atoms with E-state index in [-0.39, 0.29) is 5.37 Å². The summed E-state index contributed by atoms with van der Waals surface area (Å²) in [5, 5.41) is 5.85. The Hall–Kier alpha value is -2.69. The van der Waals surface area contributed by atoms with Gasteiger partial charge in [-0.25, -0.2) is 4.68 Å². The minimum Gasteiger partial charge on any atom is -0.307 e. The Morgan fingerprint density at radius 3 is 2.36 bits per heavy atom. The van der Waals surface area contributed by atoms with Crippen molar-refractivity contribution in [2.24, 2.45) is 0 Å². The summed E-state index contributed by atoms with van der Waals surface area (Å²) in [6.45, 7) is 2.11. The van der Waals surface area contributed by atoms with Gasteiger partial charge in [-0.1, -0.05) is 71.9 Å². The van der Waals surface area contributed by atoms with Gasteiger partial charge in [-0.2, -0.15) is 0 Å². The van der Waals surface area contributed by atoms with Crippen molar-refractivity contribution in [1.29, 1.82) is 0 Å². The molecule has 4 aromatic rings. The van der Waals surface area contributed by atoms with Crippen LogP contribution in [0.2, 0.25) is 5.02 Å². The quantitative estimate of drug-likeness (QED) is 0.376. The number of halogens is 1. The van der Waals surface area contributed by atoms with E-state index in [0.29, 0.717) is 0 Å². The lowest BCUT2D eigenvalue weighted by Crippen LogP contribution is -2.18. The highest BCUT2D eigenvalue weighted by atomic mass is 35.5. The van der Waals surface area contributed by atoms with Crippen LogP contribution >= 0.6 is 23.4 Å². The fourth-order valence-electron chi connectivity index (χ4n) is 3.52. The number of aryl methyl sites for hydroxylation is 1. The second-order valence-electron chi connectivity index (χ2n) is 6.78. The Labute approximate surface area is 173 Å². The molecular weight excluding hydrogens is 386 g/mol. The normalized spacial score (nSPS) is 15.6. The molecule has 1 unspecified atom stereocenters. The molecule has 0 radical (unpaired) electrons. The fraction of sp³-hybridized carbons (Fsp3) is 0.0870. The van der Waals surface area contributed by atoms with Crippen LogP contribution in [0.3, 0.4) is 0 Å². The number of para-hydroxylation sites is 2. The first kappa shape index (κ1) is 17.4. The maximum Gasteiger partial charge on any atom is 0.170 e. The number of nitrogens with zero attached hydrogens (tertiary/aromatic N) is 3. The highest BCUT2D eigenvalue weighted by Gasteiger charge is 2.35. The zero-order chi connectivity index (χ0) is 19.1. The van der Waals surface area contributed by atoms with E-state index < -0.39 is 0 Å². The topological polar surface area (TPSA) is 21.1 Å². The molecule has 5 heteroatoms. The van der Waals surface area contributed by atoms with Gasteiger partial charge in [0.1, 0.15) is 5.37 Å². The lowest BCUT2D eigenvalue weighted by Gasteiger charge is -2.26. The molecule has 0 saturated heterocycles. The maximum absolute atomic E-state index is 6.11. The third kappa shape index (κ3) is 2.99. The Balaban J connectivity index is 1.61. The lowest BCUT2D eigenvalue weighted by molar-refractivity contribution is 0.841. The summed E-state index contributed by atoms with van der Waals surface area (Å²) >= 11 is 7.93. The van der Waals surface area contributed by atoms with E-state index in [9.17, 15) is 0 Å². The Morgan fingerprint density at radius 2 is 1.61 bits per heavy atom. The lowest BCUT2D eigenvalue weighted by atomic mass is 10.2. The van der Waals surface area contributed by atoms with E-state index in [4.69, 9.17) is 16.7 Å². The summed E-state index contributed by atoms with van der Waals surface area (Å²) in [5.41, 5.74) is 4.64. The molecular formula is C23H18ClN3S. The monoisotopic (exact) mass is 403 g/mol. The Morgan fingerprint density at radius 1 is 0.893 bits per heavy atom. The molecule has 0 N–H and O–H groups in total. The fourth-order valence-corrected chi connectivity index (χ4v) is 4.91. The smallest absolute Gasteiger partial charge is 0.170 e. The molecule has 0 amide bonds. The summed E-state index contributed by atoms with van der Waals surface area (Å²) in [7, 11) is 0. The van der Waals surface area contributed by atoms with Gasteiger partial charge in [-0.05, 0) is 48.4 Å². The average Bonchev–Trinajstić information content (AvgIpc) is 3.27. The SMILES string of the molecule is Cc1ccccc1-n1cc2c(n1)N(c1ccccc1)C(c1ccc(Cl)cc1)S2. The van der Waals surface area contributed by atoms with Crippen molar-refractivity contribution in [3.63, 3.8) is 0 Å². The first-order chi connectivity index (χ1) is 13.7. The molecule has 3 nitrogen and oxygen atoms in total. The van der Waals surface area contributed by atoms with Crippen molar-refractivity contribution in [2.45, 2.75) is 17.2 Å². The molecule has 0 saturated carbocycles. The van der Waals surface area contributed by atoms with E-state index in [1.54, 1.807) is 0 Å². The van der Waals surface area contributed by atoms with Crippen LogP contribution in [0.25, 0.3) is 5.69 Å². The number of benzene rings is 3. The highest BCUT2D eigenvalue weighted by Crippen LogP contribution is 2.54. The van der Waals surface area contributed by atoms with Crippen molar-refractivity contribution in [3.05, 3.63) is 101 Å². The minimum absolute atomic E-state index is 0.128. The molecule has 0 bridgehead atoms. The van der Waals surface area contributed by atoms with Crippen LogP contribution < -0.4 is 4.90 Å². The molecule has 1 aliphatic heterocycles. The number of thioether (sulfide) groups is 1. The Bertz CT molecular complexity index is 1120. The minimum atomic E-state index is 0.128. The predicted molar refractivity (Wildman–Crippen MR) is 117 cm³/mol. The van der Waals surface area contributed by atoms with Gasteiger partial charge < -0.3 is 4.90 Å². The summed E-state index contributed by atoms with van der Waals surface area (Å²) in [5.74, 6) is 0.986. The van der Waals surface area contributed by atoms with Crippen LogP contribution in [0, 0.1) is 6.92 Å². The second kappa shape index (κ2) is 7.04. The molecule has 3 aromatic carbocycles. The van der Waals surface area contributed by atoms with Crippen molar-refractivity contribution in [3.8, 4) is 5.69 Å². The maximum atomic E-state index is 6.11. The molecule has 5 rings (SSSR count). The summed E-state index contributed by atoms with van der Waals surface area (Å²) < 4.78 is 1.99. The van der Waals surface area contributed by atoms with Crippen molar-refractivity contribution < 1.29 is 0 Å². The van der Waals surface area contributed by atoms with Crippen molar-refractivity contribution in [1.82, 2.24) is 9.78 Å². The third-order valence-corrected chi connectivity index (χ3v) is 6.42. The number of hydrogen-bond acceptors (Lipinski definition) is 3. The summed E-state index contributed by atoms with van der Waals surface area (Å²) in [4.78, 5) is 3.48. The molecule has 0 fully saturated rings. The van der Waals surface area contributed by atoms with Gasteiger partial charge in [0, 0.05) is 16.9 Å². The van der Waals surface area contributed by atoms with Gasteiger partial charge in [-0.15, -0.1) is 5.10 Å². The van der Waals surface area contributed by atoms with Crippen LogP contribution in [-0.2, 0) is 0 Å². The number of fused-ring (bicyclic) bond motifs is 1. The van der Waals surface area contributed by atoms with Gasteiger partial charge in [0.25, 0.3) is 0 Å². The van der Waals surface area contributed by atoms with E-state index in [2.05, 4.69) is 72.6 Å². The molecule has 0 spiro atoms. The van der Waals surface area contributed by atoms with Gasteiger partial charge in [0.15, 0.2) is 5.82 Å². The van der Waals surface area contributed by atoms with Gasteiger partial charge >= 0.3 is 0 Å². The van der Waals surface area contributed by atoms with Gasteiger partial charge in [0.2, 0.25) is 0 Å². The van der Waals surface area contributed by atoms with Crippen LogP contribution in [0.15, 0.2) is 90.0 Å². The van der Waals surface area contributed by atoms with E-state index in [1.807, 2.05) is 40.7 Å². The molecule has 138 valence electrons. The first-order valence-electron chi connectivity index (χ1n) is 9.13. The summed E-state index contributed by atoms with van der Waals surface area (Å²) in [6, 6.07) is 26.8. The van der Waals surface area contributed by atoms with Gasteiger partial charge in [0.05, 0.1) is 10.6 Å². The third-order valence-electron chi connectivity index (χ3n) is 4.92. The zero-order valence-electron chi connectivity index (χ0n) is 15.3. The van der Waals surface area contributed by atoms with Crippen LogP contribution in [0.4, 0.5) is 11.5 Å². The second-order valence-corrected chi connectivity index (χ2v) is 8.33. The molecule has 28 heavy (non-hydrogen) atoms. The highest BCUT2D eigenvalue weighted by molar-refractivity contribution is 8.00. The number of rotatable bonds is 3. The van der Waals surface area contributed by atoms with Crippen molar-refractivity contribution >= 4 is 34.9 Å². The average molecular weight is 404 g/mol. The van der Waals surface area contributed by atoms with Crippen LogP contribution in [-0.4, -0.2) is 9.78 Å². The van der Waals surface area contributed by atoms with E-state index in [0.717, 1.165) is 22.2 Å². The molecule has 0 aliphatic carbocycles. The number of anilines is 2. The standard InChI is InChI=1S/C23H18ClN3S/c1-16-7-5-6-10-20(16)26-15-21-22(25-26)27(19-8-3-2-4-9-19)23(28-21)17-11-13-18(24)14-12-17/h2-15,23H,1H3. The number of aromatic nitrogens is 2. The largest absolute Gasteiger partial charge is 0.307 e. The first-order valence-corrected chi connectivity index (χ1v) is 10.4.